The predicted molar refractivity (Wildman–Crippen MR) is 107 cm³/mol. The minimum Gasteiger partial charge on any atom is -0.480 e. The molecule has 3 rings (SSSR count). The minimum atomic E-state index is -0.806. The molecule has 0 saturated carbocycles. The third-order valence-corrected chi connectivity index (χ3v) is 4.96. The van der Waals surface area contributed by atoms with Crippen LogP contribution in [0.4, 0.5) is 8.78 Å². The number of hydrogen-bond donors (Lipinski definition) is 1. The van der Waals surface area contributed by atoms with Gasteiger partial charge in [-0.15, -0.1) is 16.8 Å². The van der Waals surface area contributed by atoms with Crippen molar-refractivity contribution in [3.63, 3.8) is 0 Å². The van der Waals surface area contributed by atoms with Crippen molar-refractivity contribution in [2.75, 3.05) is 5.75 Å². The molecule has 0 fully saturated rings. The maximum absolute atomic E-state index is 13.9. The van der Waals surface area contributed by atoms with Crippen molar-refractivity contribution in [2.24, 2.45) is 0 Å². The van der Waals surface area contributed by atoms with Crippen LogP contribution in [0.5, 0.6) is 5.75 Å². The molecule has 3 aromatic rings. The van der Waals surface area contributed by atoms with Gasteiger partial charge in [-0.3, -0.25) is 9.36 Å². The van der Waals surface area contributed by atoms with Crippen molar-refractivity contribution in [1.82, 2.24) is 20.1 Å². The van der Waals surface area contributed by atoms with Crippen molar-refractivity contribution in [3.05, 3.63) is 72.5 Å². The largest absolute Gasteiger partial charge is 0.480 e. The van der Waals surface area contributed by atoms with Crippen LogP contribution in [0.25, 0.3) is 0 Å². The molecule has 0 bridgehead atoms. The van der Waals surface area contributed by atoms with Gasteiger partial charge in [0.15, 0.2) is 28.7 Å². The summed E-state index contributed by atoms with van der Waals surface area (Å²) in [5.41, 5.74) is 0. The van der Waals surface area contributed by atoms with Crippen LogP contribution >= 0.6 is 11.8 Å². The van der Waals surface area contributed by atoms with Gasteiger partial charge in [-0.05, 0) is 31.2 Å². The molecular weight excluding hydrogens is 414 g/mol. The Morgan fingerprint density at radius 3 is 2.93 bits per heavy atom. The van der Waals surface area contributed by atoms with Crippen molar-refractivity contribution < 1.29 is 22.7 Å². The summed E-state index contributed by atoms with van der Waals surface area (Å²) >= 11 is 1.20. The lowest BCUT2D eigenvalue weighted by Crippen LogP contribution is -2.24. The Bertz CT molecular complexity index is 1010. The van der Waals surface area contributed by atoms with Gasteiger partial charge in [-0.1, -0.05) is 17.8 Å². The molecule has 7 nitrogen and oxygen atoms in total. The van der Waals surface area contributed by atoms with Crippen molar-refractivity contribution in [1.29, 1.82) is 0 Å². The smallest absolute Gasteiger partial charge is 0.230 e. The second kappa shape index (κ2) is 10.1. The number of allylic oxidation sites excluding steroid dienone is 1. The van der Waals surface area contributed by atoms with E-state index in [-0.39, 0.29) is 17.4 Å². The molecule has 30 heavy (non-hydrogen) atoms. The number of halogens is 2. The number of furan rings is 1. The Labute approximate surface area is 176 Å². The van der Waals surface area contributed by atoms with Crippen molar-refractivity contribution in [2.45, 2.75) is 31.3 Å². The van der Waals surface area contributed by atoms with E-state index in [2.05, 4.69) is 22.1 Å². The molecular formula is C20H20F2N4O3S. The average Bonchev–Trinajstić information content (AvgIpc) is 3.37. The summed E-state index contributed by atoms with van der Waals surface area (Å²) in [5, 5.41) is 11.5. The quantitative estimate of drug-likeness (QED) is 0.385. The molecule has 1 amide bonds. The molecule has 158 valence electrons. The molecule has 10 heteroatoms. The number of ether oxygens (including phenoxy) is 1. The summed E-state index contributed by atoms with van der Waals surface area (Å²) in [4.78, 5) is 12.1. The molecule has 0 aliphatic heterocycles. The zero-order valence-corrected chi connectivity index (χ0v) is 17.0. The fourth-order valence-corrected chi connectivity index (χ4v) is 3.39. The molecule has 1 aromatic carbocycles. The van der Waals surface area contributed by atoms with E-state index in [4.69, 9.17) is 9.15 Å². The third kappa shape index (κ3) is 5.47. The molecule has 0 spiro atoms. The number of aromatic nitrogens is 3. The Morgan fingerprint density at radius 1 is 1.40 bits per heavy atom. The third-order valence-electron chi connectivity index (χ3n) is 3.99. The number of amides is 1. The first-order chi connectivity index (χ1) is 14.5. The molecule has 0 radical (unpaired) electrons. The van der Waals surface area contributed by atoms with E-state index in [9.17, 15) is 13.6 Å². The highest BCUT2D eigenvalue weighted by Gasteiger charge is 2.21. The van der Waals surface area contributed by atoms with Crippen molar-refractivity contribution in [3.8, 4) is 5.75 Å². The molecule has 0 aliphatic carbocycles. The zero-order valence-electron chi connectivity index (χ0n) is 16.2. The maximum Gasteiger partial charge on any atom is 0.230 e. The number of hydrogen-bond acceptors (Lipinski definition) is 6. The van der Waals surface area contributed by atoms with Crippen LogP contribution in [-0.2, 0) is 17.9 Å². The average molecular weight is 434 g/mol. The van der Waals surface area contributed by atoms with E-state index in [1.54, 1.807) is 29.7 Å². The molecule has 0 saturated heterocycles. The Balaban J connectivity index is 1.64. The van der Waals surface area contributed by atoms with Crippen LogP contribution in [0.1, 0.15) is 24.6 Å². The summed E-state index contributed by atoms with van der Waals surface area (Å²) in [7, 11) is 0. The van der Waals surface area contributed by atoms with Gasteiger partial charge in [0.2, 0.25) is 5.91 Å². The number of carbonyl (C=O) groups is 1. The second-order valence-corrected chi connectivity index (χ2v) is 7.16. The van der Waals surface area contributed by atoms with Crippen LogP contribution < -0.4 is 10.1 Å². The second-order valence-electron chi connectivity index (χ2n) is 6.22. The fourth-order valence-electron chi connectivity index (χ4n) is 2.60. The maximum atomic E-state index is 13.9. The van der Waals surface area contributed by atoms with E-state index in [1.165, 1.54) is 24.1 Å². The molecule has 1 atom stereocenters. The first-order valence-electron chi connectivity index (χ1n) is 9.05. The highest BCUT2D eigenvalue weighted by atomic mass is 32.2. The first-order valence-corrected chi connectivity index (χ1v) is 10.0. The van der Waals surface area contributed by atoms with Crippen LogP contribution in [0.2, 0.25) is 0 Å². The van der Waals surface area contributed by atoms with Gasteiger partial charge in [-0.25, -0.2) is 8.78 Å². The number of nitrogens with zero attached hydrogens (tertiary/aromatic N) is 3. The Hall–Kier alpha value is -3.14. The van der Waals surface area contributed by atoms with Gasteiger partial charge in [0, 0.05) is 12.6 Å². The number of nitrogens with one attached hydrogen (secondary N) is 1. The van der Waals surface area contributed by atoms with Gasteiger partial charge in [0.25, 0.3) is 0 Å². The van der Waals surface area contributed by atoms with Crippen LogP contribution in [0.15, 0.2) is 58.8 Å². The van der Waals surface area contributed by atoms with Gasteiger partial charge < -0.3 is 14.5 Å². The van der Waals surface area contributed by atoms with E-state index in [0.29, 0.717) is 29.8 Å². The normalized spacial score (nSPS) is 11.8. The standard InChI is InChI=1S/C20H20F2N4O3S/c1-3-8-26-19(13(2)29-17-7-6-14(21)10-16(17)22)24-25-20(26)30-12-18(27)23-11-15-5-4-9-28-15/h3-7,9-10,13H,1,8,11-12H2,2H3,(H,23,27). The van der Waals surface area contributed by atoms with Gasteiger partial charge in [0.1, 0.15) is 11.6 Å². The van der Waals surface area contributed by atoms with Gasteiger partial charge >= 0.3 is 0 Å². The van der Waals surface area contributed by atoms with E-state index < -0.39 is 17.7 Å². The lowest BCUT2D eigenvalue weighted by Gasteiger charge is -2.16. The predicted octanol–water partition coefficient (Wildman–Crippen LogP) is 3.88. The number of thioether (sulfide) groups is 1. The summed E-state index contributed by atoms with van der Waals surface area (Å²) in [5.74, 6) is -0.572. The minimum absolute atomic E-state index is 0.0939. The van der Waals surface area contributed by atoms with Gasteiger partial charge in [-0.2, -0.15) is 0 Å². The summed E-state index contributed by atoms with van der Waals surface area (Å²) in [6.07, 6.45) is 2.52. The van der Waals surface area contributed by atoms with E-state index >= 15 is 0 Å². The summed E-state index contributed by atoms with van der Waals surface area (Å²) in [6, 6.07) is 6.60. The summed E-state index contributed by atoms with van der Waals surface area (Å²) < 4.78 is 39.5. The SMILES string of the molecule is C=CCn1c(SCC(=O)NCc2ccco2)nnc1C(C)Oc1ccc(F)cc1F. The number of rotatable bonds is 10. The Kier molecular flexibility index (Phi) is 7.23. The molecule has 2 heterocycles. The number of benzene rings is 1. The molecule has 2 aromatic heterocycles. The monoisotopic (exact) mass is 434 g/mol. The molecule has 0 aliphatic rings. The lowest BCUT2D eigenvalue weighted by atomic mass is 10.3. The van der Waals surface area contributed by atoms with E-state index in [1.807, 2.05) is 0 Å². The highest BCUT2D eigenvalue weighted by Crippen LogP contribution is 2.26. The van der Waals surface area contributed by atoms with Crippen molar-refractivity contribution >= 4 is 17.7 Å². The van der Waals surface area contributed by atoms with Crippen LogP contribution in [0, 0.1) is 11.6 Å². The number of carbonyl (C=O) groups excluding carboxylic acids is 1. The van der Waals surface area contributed by atoms with Gasteiger partial charge in [0.05, 0.1) is 18.6 Å². The molecule has 1 N–H and O–H groups in total. The fraction of sp³-hybridized carbons (Fsp3) is 0.250. The zero-order chi connectivity index (χ0) is 21.5. The van der Waals surface area contributed by atoms with Crippen LogP contribution in [-0.4, -0.2) is 26.4 Å². The molecule has 1 unspecified atom stereocenters. The first kappa shape index (κ1) is 21.6. The topological polar surface area (TPSA) is 82.2 Å². The lowest BCUT2D eigenvalue weighted by molar-refractivity contribution is -0.118. The Morgan fingerprint density at radius 2 is 2.23 bits per heavy atom. The highest BCUT2D eigenvalue weighted by molar-refractivity contribution is 7.99. The summed E-state index contributed by atoms with van der Waals surface area (Å²) in [6.45, 7) is 6.07. The van der Waals surface area contributed by atoms with Crippen LogP contribution in [0.3, 0.4) is 0 Å². The van der Waals surface area contributed by atoms with E-state index in [0.717, 1.165) is 12.1 Å².